The first kappa shape index (κ1) is 21.2. The number of aromatic nitrogens is 3. The Hall–Kier alpha value is -3.62. The highest BCUT2D eigenvalue weighted by Crippen LogP contribution is 2.34. The molecule has 9 heteroatoms. The molecule has 0 spiro atoms. The minimum atomic E-state index is -4.53. The van der Waals surface area contributed by atoms with Crippen molar-refractivity contribution in [2.75, 3.05) is 5.32 Å². The lowest BCUT2D eigenvalue weighted by Gasteiger charge is -2.31. The second-order valence-corrected chi connectivity index (χ2v) is 8.33. The van der Waals surface area contributed by atoms with Gasteiger partial charge in [0.05, 0.1) is 11.0 Å². The van der Waals surface area contributed by atoms with Crippen molar-refractivity contribution in [3.05, 3.63) is 72.4 Å². The fourth-order valence-corrected chi connectivity index (χ4v) is 4.48. The van der Waals surface area contributed by atoms with E-state index in [9.17, 15) is 18.0 Å². The van der Waals surface area contributed by atoms with Gasteiger partial charge >= 0.3 is 6.18 Å². The lowest BCUT2D eigenvalue weighted by atomic mass is 9.90. The molecule has 1 aromatic carbocycles. The highest BCUT2D eigenvalue weighted by atomic mass is 19.4. The Kier molecular flexibility index (Phi) is 5.39. The average Bonchev–Trinajstić information content (AvgIpc) is 3.23. The third-order valence-corrected chi connectivity index (χ3v) is 6.03. The molecule has 4 aromatic rings. The first-order chi connectivity index (χ1) is 15.9. The molecule has 1 aliphatic carbocycles. The number of imidazole rings is 1. The molecule has 1 amide bonds. The molecule has 3 aromatic heterocycles. The van der Waals surface area contributed by atoms with Crippen molar-refractivity contribution in [2.45, 2.75) is 43.9 Å². The van der Waals surface area contributed by atoms with Crippen LogP contribution in [0.15, 0.2) is 61.1 Å². The highest BCUT2D eigenvalue weighted by molar-refractivity contribution is 5.99. The summed E-state index contributed by atoms with van der Waals surface area (Å²) in [6.07, 6.45) is 1.96. The molecule has 1 fully saturated rings. The molecule has 33 heavy (non-hydrogen) atoms. The number of alkyl halides is 3. The minimum Gasteiger partial charge on any atom is -0.382 e. The van der Waals surface area contributed by atoms with Crippen LogP contribution in [0.2, 0.25) is 0 Å². The number of nitrogens with one attached hydrogen (secondary N) is 2. The minimum absolute atomic E-state index is 0.0744. The quantitative estimate of drug-likeness (QED) is 0.454. The van der Waals surface area contributed by atoms with E-state index in [1.54, 1.807) is 35.0 Å². The number of halogens is 3. The van der Waals surface area contributed by atoms with Crippen molar-refractivity contribution in [3.8, 4) is 0 Å². The second kappa shape index (κ2) is 8.38. The van der Waals surface area contributed by atoms with E-state index >= 15 is 0 Å². The van der Waals surface area contributed by atoms with Crippen LogP contribution in [-0.2, 0) is 6.18 Å². The first-order valence-electron chi connectivity index (χ1n) is 10.8. The van der Waals surface area contributed by atoms with Crippen LogP contribution in [0.5, 0.6) is 0 Å². The molecular formula is C24H22F3N5O. The number of nitrogens with zero attached hydrogens (tertiary/aromatic N) is 3. The summed E-state index contributed by atoms with van der Waals surface area (Å²) in [5, 5.41) is 6.99. The molecule has 5 rings (SSSR count). The number of hydrogen-bond acceptors (Lipinski definition) is 4. The summed E-state index contributed by atoms with van der Waals surface area (Å²) in [6, 6.07) is 13.2. The van der Waals surface area contributed by atoms with Gasteiger partial charge in [-0.1, -0.05) is 24.3 Å². The van der Waals surface area contributed by atoms with Crippen LogP contribution >= 0.6 is 0 Å². The molecule has 6 nitrogen and oxygen atoms in total. The maximum Gasteiger partial charge on any atom is 0.433 e. The third kappa shape index (κ3) is 4.35. The van der Waals surface area contributed by atoms with E-state index in [0.29, 0.717) is 28.7 Å². The molecule has 0 aliphatic heterocycles. The lowest BCUT2D eigenvalue weighted by molar-refractivity contribution is -0.140. The van der Waals surface area contributed by atoms with Gasteiger partial charge in [0, 0.05) is 29.4 Å². The zero-order valence-corrected chi connectivity index (χ0v) is 17.6. The van der Waals surface area contributed by atoms with Crippen molar-refractivity contribution in [1.82, 2.24) is 19.7 Å². The van der Waals surface area contributed by atoms with Gasteiger partial charge in [-0.2, -0.15) is 13.2 Å². The standard InChI is InChI=1S/C24H22F3N5O/c25-24(26,27)21-13-19(17-8-1-2-9-18(17)31-21)29-15-6-5-7-16(12-15)30-23(33)22-20-10-3-4-11-32(20)14-28-22/h1-4,8-11,13-16H,5-7,12H2,(H,29,31)(H,30,33)/t15-,16+/m0/s1. The van der Waals surface area contributed by atoms with Crippen LogP contribution in [0.1, 0.15) is 41.9 Å². The van der Waals surface area contributed by atoms with Crippen molar-refractivity contribution < 1.29 is 18.0 Å². The zero-order chi connectivity index (χ0) is 23.0. The molecule has 1 aliphatic rings. The van der Waals surface area contributed by atoms with E-state index < -0.39 is 11.9 Å². The molecule has 1 saturated carbocycles. The van der Waals surface area contributed by atoms with E-state index in [4.69, 9.17) is 0 Å². The van der Waals surface area contributed by atoms with Gasteiger partial charge in [0.25, 0.3) is 5.91 Å². The van der Waals surface area contributed by atoms with Gasteiger partial charge in [-0.25, -0.2) is 9.97 Å². The Labute approximate surface area is 187 Å². The van der Waals surface area contributed by atoms with E-state index in [0.717, 1.165) is 30.8 Å². The number of para-hydroxylation sites is 1. The number of hydrogen-bond donors (Lipinski definition) is 2. The lowest BCUT2D eigenvalue weighted by Crippen LogP contribution is -2.42. The van der Waals surface area contributed by atoms with E-state index in [1.165, 1.54) is 0 Å². The third-order valence-electron chi connectivity index (χ3n) is 6.03. The normalized spacial score (nSPS) is 19.0. The smallest absolute Gasteiger partial charge is 0.382 e. The van der Waals surface area contributed by atoms with Crippen molar-refractivity contribution in [2.24, 2.45) is 0 Å². The second-order valence-electron chi connectivity index (χ2n) is 8.33. The number of amides is 1. The Balaban J connectivity index is 1.33. The Morgan fingerprint density at radius 1 is 1.06 bits per heavy atom. The van der Waals surface area contributed by atoms with E-state index in [-0.39, 0.29) is 18.0 Å². The fourth-order valence-electron chi connectivity index (χ4n) is 4.48. The summed E-state index contributed by atoms with van der Waals surface area (Å²) in [7, 11) is 0. The molecule has 0 radical (unpaired) electrons. The van der Waals surface area contributed by atoms with Crippen LogP contribution in [0.3, 0.4) is 0 Å². The van der Waals surface area contributed by atoms with E-state index in [2.05, 4.69) is 20.6 Å². The summed E-state index contributed by atoms with van der Waals surface area (Å²) in [6.45, 7) is 0. The Bertz CT molecular complexity index is 1320. The molecular weight excluding hydrogens is 431 g/mol. The number of anilines is 1. The van der Waals surface area contributed by atoms with Gasteiger partial charge in [0.1, 0.15) is 12.0 Å². The number of pyridine rings is 2. The van der Waals surface area contributed by atoms with Crippen molar-refractivity contribution >= 4 is 28.0 Å². The van der Waals surface area contributed by atoms with Gasteiger partial charge in [-0.05, 0) is 49.9 Å². The van der Waals surface area contributed by atoms with Crippen LogP contribution < -0.4 is 10.6 Å². The summed E-state index contributed by atoms with van der Waals surface area (Å²) in [4.78, 5) is 20.9. The molecule has 0 unspecified atom stereocenters. The zero-order valence-electron chi connectivity index (χ0n) is 17.6. The molecule has 0 bridgehead atoms. The van der Waals surface area contributed by atoms with Gasteiger partial charge in [-0.15, -0.1) is 0 Å². The maximum absolute atomic E-state index is 13.4. The maximum atomic E-state index is 13.4. The SMILES string of the molecule is O=C(N[C@@H]1CCC[C@H](Nc2cc(C(F)(F)F)nc3ccccc23)C1)c1ncn2ccccc12. The summed E-state index contributed by atoms with van der Waals surface area (Å²) < 4.78 is 41.9. The number of fused-ring (bicyclic) bond motifs is 2. The van der Waals surface area contributed by atoms with Crippen molar-refractivity contribution in [3.63, 3.8) is 0 Å². The molecule has 2 atom stereocenters. The largest absolute Gasteiger partial charge is 0.433 e. The fraction of sp³-hybridized carbons (Fsp3) is 0.292. The topological polar surface area (TPSA) is 71.3 Å². The van der Waals surface area contributed by atoms with Crippen molar-refractivity contribution in [1.29, 1.82) is 0 Å². The number of benzene rings is 1. The summed E-state index contributed by atoms with van der Waals surface area (Å²) in [5.74, 6) is -0.247. The van der Waals surface area contributed by atoms with Crippen LogP contribution in [0.25, 0.3) is 16.4 Å². The van der Waals surface area contributed by atoms with Gasteiger partial charge in [0.2, 0.25) is 0 Å². The highest BCUT2D eigenvalue weighted by Gasteiger charge is 2.34. The Morgan fingerprint density at radius 2 is 1.85 bits per heavy atom. The number of carbonyl (C=O) groups excluding carboxylic acids is 1. The van der Waals surface area contributed by atoms with Crippen LogP contribution in [0, 0.1) is 0 Å². The summed E-state index contributed by atoms with van der Waals surface area (Å²) >= 11 is 0. The predicted molar refractivity (Wildman–Crippen MR) is 119 cm³/mol. The number of rotatable bonds is 4. The molecule has 0 saturated heterocycles. The van der Waals surface area contributed by atoms with Crippen LogP contribution in [0.4, 0.5) is 18.9 Å². The van der Waals surface area contributed by atoms with Crippen LogP contribution in [-0.4, -0.2) is 32.4 Å². The Morgan fingerprint density at radius 3 is 2.70 bits per heavy atom. The first-order valence-corrected chi connectivity index (χ1v) is 10.8. The number of carbonyl (C=O) groups is 1. The van der Waals surface area contributed by atoms with Gasteiger partial charge < -0.3 is 15.0 Å². The molecule has 170 valence electrons. The summed E-state index contributed by atoms with van der Waals surface area (Å²) in [5.41, 5.74) is 0.868. The molecule has 3 heterocycles. The van der Waals surface area contributed by atoms with Gasteiger partial charge in [-0.3, -0.25) is 4.79 Å². The van der Waals surface area contributed by atoms with Gasteiger partial charge in [0.15, 0.2) is 5.69 Å². The molecule has 2 N–H and O–H groups in total. The predicted octanol–water partition coefficient (Wildman–Crippen LogP) is 5.05. The van der Waals surface area contributed by atoms with E-state index in [1.807, 2.05) is 24.4 Å². The monoisotopic (exact) mass is 453 g/mol. The average molecular weight is 453 g/mol.